The quantitative estimate of drug-likeness (QED) is 0.324. The number of aliphatic hydroxyl groups is 1. The lowest BCUT2D eigenvalue weighted by Gasteiger charge is -2.38. The van der Waals surface area contributed by atoms with Gasteiger partial charge in [-0.1, -0.05) is 25.1 Å². The number of carbonyl (C=O) groups is 2. The van der Waals surface area contributed by atoms with Crippen molar-refractivity contribution in [3.63, 3.8) is 0 Å². The summed E-state index contributed by atoms with van der Waals surface area (Å²) in [7, 11) is -2.46. The number of nitrogens with zero attached hydrogens (tertiary/aromatic N) is 2. The maximum absolute atomic E-state index is 13.7. The van der Waals surface area contributed by atoms with Gasteiger partial charge in [0, 0.05) is 30.9 Å². The Morgan fingerprint density at radius 2 is 1.73 bits per heavy atom. The van der Waals surface area contributed by atoms with Crippen LogP contribution in [0.2, 0.25) is 0 Å². The number of urea groups is 1. The minimum absolute atomic E-state index is 0.0327. The monoisotopic (exact) mass is 634 g/mol. The zero-order valence-corrected chi connectivity index (χ0v) is 25.0. The van der Waals surface area contributed by atoms with Crippen LogP contribution in [0.25, 0.3) is 0 Å². The van der Waals surface area contributed by atoms with Crippen LogP contribution >= 0.6 is 0 Å². The molecule has 3 amide bonds. The number of sulfonamides is 1. The molecular weight excluding hydrogens is 601 g/mol. The van der Waals surface area contributed by atoms with Crippen LogP contribution in [0, 0.1) is 5.92 Å². The van der Waals surface area contributed by atoms with Gasteiger partial charge in [0.1, 0.15) is 11.9 Å². The third-order valence-electron chi connectivity index (χ3n) is 7.23. The molecule has 14 heteroatoms. The average molecular weight is 635 g/mol. The standard InChI is InChI=1S/C30H33F3N4O6S/c1-19-16-37(20(2)18-38)28(39)25-15-23(35-44(41,42)24-7-5-4-6-8-24)13-14-26(25)43-27(19)17-36(3)29(40)34-22-11-9-21(10-12-22)30(31,32)33/h4-15,19-20,27,35,38H,16-18H2,1-3H3,(H,34,40)/t19-,20-,27+/m0/s1. The fraction of sp³-hybridized carbons (Fsp3) is 0.333. The summed E-state index contributed by atoms with van der Waals surface area (Å²) in [6.45, 7) is 3.36. The van der Waals surface area contributed by atoms with E-state index >= 15 is 0 Å². The first-order valence-electron chi connectivity index (χ1n) is 13.7. The molecule has 1 aliphatic heterocycles. The number of likely N-dealkylation sites (N-methyl/N-ethyl adjacent to an activating group) is 1. The molecule has 0 saturated heterocycles. The Kier molecular flexibility index (Phi) is 9.74. The zero-order valence-electron chi connectivity index (χ0n) is 24.2. The number of hydrogen-bond donors (Lipinski definition) is 3. The summed E-state index contributed by atoms with van der Waals surface area (Å²) >= 11 is 0. The van der Waals surface area contributed by atoms with E-state index in [1.165, 1.54) is 47.2 Å². The van der Waals surface area contributed by atoms with Crippen molar-refractivity contribution in [2.24, 2.45) is 5.92 Å². The van der Waals surface area contributed by atoms with Gasteiger partial charge in [0.2, 0.25) is 0 Å². The normalized spacial score (nSPS) is 17.9. The summed E-state index contributed by atoms with van der Waals surface area (Å²) in [6.07, 6.45) is -5.16. The van der Waals surface area contributed by atoms with Gasteiger partial charge < -0.3 is 25.0 Å². The van der Waals surface area contributed by atoms with E-state index in [2.05, 4.69) is 10.0 Å². The molecule has 44 heavy (non-hydrogen) atoms. The van der Waals surface area contributed by atoms with E-state index < -0.39 is 45.8 Å². The Balaban J connectivity index is 1.57. The van der Waals surface area contributed by atoms with Crippen LogP contribution in [0.5, 0.6) is 5.75 Å². The summed E-state index contributed by atoms with van der Waals surface area (Å²) in [5, 5.41) is 12.4. The highest BCUT2D eigenvalue weighted by Crippen LogP contribution is 2.32. The first-order chi connectivity index (χ1) is 20.7. The summed E-state index contributed by atoms with van der Waals surface area (Å²) in [6, 6.07) is 14.9. The molecule has 3 aromatic carbocycles. The number of fused-ring (bicyclic) bond motifs is 1. The van der Waals surface area contributed by atoms with Gasteiger partial charge in [0.05, 0.1) is 35.2 Å². The Hall–Kier alpha value is -4.30. The Morgan fingerprint density at radius 1 is 1.09 bits per heavy atom. The molecule has 1 heterocycles. The van der Waals surface area contributed by atoms with Gasteiger partial charge in [-0.3, -0.25) is 9.52 Å². The molecule has 0 spiro atoms. The number of aliphatic hydroxyl groups excluding tert-OH is 1. The molecule has 0 radical (unpaired) electrons. The van der Waals surface area contributed by atoms with Crippen LogP contribution in [0.4, 0.5) is 29.3 Å². The van der Waals surface area contributed by atoms with Crippen LogP contribution in [-0.2, 0) is 16.2 Å². The molecule has 3 N–H and O–H groups in total. The molecule has 0 saturated carbocycles. The second-order valence-corrected chi connectivity index (χ2v) is 12.3. The predicted octanol–water partition coefficient (Wildman–Crippen LogP) is 4.89. The largest absolute Gasteiger partial charge is 0.487 e. The number of anilines is 2. The molecule has 3 aromatic rings. The van der Waals surface area contributed by atoms with Gasteiger partial charge in [-0.2, -0.15) is 13.2 Å². The van der Waals surface area contributed by atoms with E-state index in [9.17, 15) is 36.3 Å². The lowest BCUT2D eigenvalue weighted by atomic mass is 9.99. The number of alkyl halides is 3. The van der Waals surface area contributed by atoms with E-state index in [0.29, 0.717) is 0 Å². The third-order valence-corrected chi connectivity index (χ3v) is 8.63. The van der Waals surface area contributed by atoms with Crippen LogP contribution in [-0.4, -0.2) is 74.2 Å². The number of benzene rings is 3. The highest BCUT2D eigenvalue weighted by Gasteiger charge is 2.34. The molecular formula is C30H33F3N4O6S. The van der Waals surface area contributed by atoms with Crippen molar-refractivity contribution in [1.29, 1.82) is 0 Å². The third kappa shape index (κ3) is 7.61. The van der Waals surface area contributed by atoms with E-state index in [1.54, 1.807) is 25.1 Å². The van der Waals surface area contributed by atoms with Crippen molar-refractivity contribution in [1.82, 2.24) is 9.80 Å². The van der Waals surface area contributed by atoms with Gasteiger partial charge in [-0.25, -0.2) is 13.2 Å². The number of ether oxygens (including phenoxy) is 1. The first kappa shape index (κ1) is 32.6. The fourth-order valence-corrected chi connectivity index (χ4v) is 5.70. The number of nitrogens with one attached hydrogen (secondary N) is 2. The molecule has 4 rings (SSSR count). The average Bonchev–Trinajstić information content (AvgIpc) is 2.98. The Bertz CT molecular complexity index is 1590. The highest BCUT2D eigenvalue weighted by atomic mass is 32.2. The van der Waals surface area contributed by atoms with Crippen molar-refractivity contribution in [2.75, 3.05) is 36.8 Å². The van der Waals surface area contributed by atoms with Crippen LogP contribution in [0.3, 0.4) is 0 Å². The van der Waals surface area contributed by atoms with Crippen molar-refractivity contribution in [3.05, 3.63) is 83.9 Å². The van der Waals surface area contributed by atoms with E-state index in [0.717, 1.165) is 24.3 Å². The van der Waals surface area contributed by atoms with Crippen LogP contribution in [0.15, 0.2) is 77.7 Å². The summed E-state index contributed by atoms with van der Waals surface area (Å²) in [5.41, 5.74) is -0.482. The first-order valence-corrected chi connectivity index (χ1v) is 15.2. The van der Waals surface area contributed by atoms with Gasteiger partial charge in [0.15, 0.2) is 0 Å². The molecule has 3 atom stereocenters. The second-order valence-electron chi connectivity index (χ2n) is 10.6. The summed E-state index contributed by atoms with van der Waals surface area (Å²) in [5.74, 6) is -0.652. The maximum atomic E-state index is 13.7. The van der Waals surface area contributed by atoms with Gasteiger partial charge in [0.25, 0.3) is 15.9 Å². The van der Waals surface area contributed by atoms with E-state index in [4.69, 9.17) is 4.74 Å². The Morgan fingerprint density at radius 3 is 2.34 bits per heavy atom. The number of halogens is 3. The molecule has 0 bridgehead atoms. The molecule has 0 aliphatic carbocycles. The number of hydrogen-bond acceptors (Lipinski definition) is 6. The Labute approximate surface area is 253 Å². The zero-order chi connectivity index (χ0) is 32.2. The van der Waals surface area contributed by atoms with Crippen molar-refractivity contribution < 1.29 is 41.0 Å². The van der Waals surface area contributed by atoms with Crippen LogP contribution in [0.1, 0.15) is 29.8 Å². The summed E-state index contributed by atoms with van der Waals surface area (Å²) in [4.78, 5) is 29.4. The van der Waals surface area contributed by atoms with Gasteiger partial charge in [-0.15, -0.1) is 0 Å². The number of amides is 3. The maximum Gasteiger partial charge on any atom is 0.416 e. The lowest BCUT2D eigenvalue weighted by molar-refractivity contribution is -0.137. The van der Waals surface area contributed by atoms with E-state index in [1.807, 2.05) is 6.92 Å². The van der Waals surface area contributed by atoms with Crippen molar-refractivity contribution in [3.8, 4) is 5.75 Å². The van der Waals surface area contributed by atoms with Gasteiger partial charge in [-0.05, 0) is 61.5 Å². The SMILES string of the molecule is C[C@H]1CN([C@@H](C)CO)C(=O)c2cc(NS(=O)(=O)c3ccccc3)ccc2O[C@@H]1CN(C)C(=O)Nc1ccc(C(F)(F)F)cc1. The van der Waals surface area contributed by atoms with Crippen molar-refractivity contribution in [2.45, 2.75) is 37.1 Å². The van der Waals surface area contributed by atoms with Crippen molar-refractivity contribution >= 4 is 33.3 Å². The topological polar surface area (TPSA) is 128 Å². The number of rotatable bonds is 8. The molecule has 236 valence electrons. The van der Waals surface area contributed by atoms with E-state index in [-0.39, 0.29) is 53.2 Å². The van der Waals surface area contributed by atoms with Crippen LogP contribution < -0.4 is 14.8 Å². The highest BCUT2D eigenvalue weighted by molar-refractivity contribution is 7.92. The fourth-order valence-electron chi connectivity index (χ4n) is 4.63. The summed E-state index contributed by atoms with van der Waals surface area (Å²) < 4.78 is 73.2. The second kappa shape index (κ2) is 13.1. The van der Waals surface area contributed by atoms with Gasteiger partial charge >= 0.3 is 12.2 Å². The molecule has 10 nitrogen and oxygen atoms in total. The minimum Gasteiger partial charge on any atom is -0.487 e. The molecule has 0 aromatic heterocycles. The lowest BCUT2D eigenvalue weighted by Crippen LogP contribution is -2.50. The molecule has 0 fully saturated rings. The smallest absolute Gasteiger partial charge is 0.416 e. The predicted molar refractivity (Wildman–Crippen MR) is 158 cm³/mol. The minimum atomic E-state index is -4.50. The molecule has 0 unspecified atom stereocenters. The number of carbonyl (C=O) groups excluding carboxylic acids is 2. The molecule has 1 aliphatic rings.